The first-order chi connectivity index (χ1) is 15.7. The van der Waals surface area contributed by atoms with E-state index in [-0.39, 0.29) is 28.4 Å². The number of H-pyrrole nitrogens is 1. The lowest BCUT2D eigenvalue weighted by atomic mass is 10.0. The van der Waals surface area contributed by atoms with Gasteiger partial charge in [0.2, 0.25) is 0 Å². The van der Waals surface area contributed by atoms with Crippen LogP contribution < -0.4 is 20.7 Å². The number of hydrogen-bond acceptors (Lipinski definition) is 6. The lowest BCUT2D eigenvalue weighted by molar-refractivity contribution is 0.0754. The standard InChI is InChI=1S/C24H30N4O5/c1-7-27(13-15-9-10-18(32-5)19(11-15)33-6)23(30)16-12-17(14(3)4)25-21-20(16)22(29)26-24(31)28(21)8-2/h9-12,14H,7-8,13H2,1-6H3,(H,26,29,31). The zero-order valence-electron chi connectivity index (χ0n) is 19.9. The zero-order chi connectivity index (χ0) is 24.3. The maximum atomic E-state index is 13.7. The Kier molecular flexibility index (Phi) is 7.20. The molecule has 3 rings (SSSR count). The first kappa shape index (κ1) is 24.0. The monoisotopic (exact) mass is 454 g/mol. The molecule has 0 radical (unpaired) electrons. The minimum atomic E-state index is -0.618. The summed E-state index contributed by atoms with van der Waals surface area (Å²) < 4.78 is 12.0. The van der Waals surface area contributed by atoms with E-state index < -0.39 is 11.2 Å². The van der Waals surface area contributed by atoms with Crippen LogP contribution in [-0.2, 0) is 13.1 Å². The molecular weight excluding hydrogens is 424 g/mol. The highest BCUT2D eigenvalue weighted by Crippen LogP contribution is 2.28. The Balaban J connectivity index is 2.15. The maximum Gasteiger partial charge on any atom is 0.329 e. The number of rotatable bonds is 8. The Morgan fingerprint density at radius 1 is 1.12 bits per heavy atom. The number of aromatic amines is 1. The molecular formula is C24H30N4O5. The number of carbonyl (C=O) groups excluding carboxylic acids is 1. The zero-order valence-corrected chi connectivity index (χ0v) is 19.9. The van der Waals surface area contributed by atoms with Gasteiger partial charge in [0, 0.05) is 25.3 Å². The first-order valence-corrected chi connectivity index (χ1v) is 10.9. The van der Waals surface area contributed by atoms with Crippen molar-refractivity contribution in [1.82, 2.24) is 19.4 Å². The number of nitrogens with one attached hydrogen (secondary N) is 1. The number of aromatic nitrogens is 3. The lowest BCUT2D eigenvalue weighted by Crippen LogP contribution is -2.35. The van der Waals surface area contributed by atoms with E-state index in [1.54, 1.807) is 38.2 Å². The third kappa shape index (κ3) is 4.62. The number of nitrogens with zero attached hydrogens (tertiary/aromatic N) is 3. The number of amides is 1. The highest BCUT2D eigenvalue weighted by atomic mass is 16.5. The number of methoxy groups -OCH3 is 2. The molecule has 0 aliphatic rings. The number of hydrogen-bond donors (Lipinski definition) is 1. The number of ether oxygens (including phenoxy) is 2. The Morgan fingerprint density at radius 2 is 1.82 bits per heavy atom. The quantitative estimate of drug-likeness (QED) is 0.561. The predicted octanol–water partition coefficient (Wildman–Crippen LogP) is 2.91. The van der Waals surface area contributed by atoms with E-state index in [1.165, 1.54) is 4.57 Å². The van der Waals surface area contributed by atoms with Crippen LogP contribution in [-0.4, -0.2) is 46.1 Å². The third-order valence-corrected chi connectivity index (χ3v) is 5.60. The average Bonchev–Trinajstić information content (AvgIpc) is 2.81. The number of aryl methyl sites for hydroxylation is 1. The van der Waals surface area contributed by atoms with Crippen LogP contribution in [0, 0.1) is 0 Å². The Labute approximate surface area is 192 Å². The molecule has 1 aromatic carbocycles. The van der Waals surface area contributed by atoms with E-state index in [0.717, 1.165) is 5.56 Å². The summed E-state index contributed by atoms with van der Waals surface area (Å²) in [4.78, 5) is 47.3. The molecule has 2 aromatic heterocycles. The molecule has 2 heterocycles. The van der Waals surface area contributed by atoms with Gasteiger partial charge in [-0.1, -0.05) is 19.9 Å². The summed E-state index contributed by atoms with van der Waals surface area (Å²) in [7, 11) is 3.12. The molecule has 1 N–H and O–H groups in total. The first-order valence-electron chi connectivity index (χ1n) is 10.9. The largest absolute Gasteiger partial charge is 0.493 e. The summed E-state index contributed by atoms with van der Waals surface area (Å²) in [6, 6.07) is 7.13. The SMILES string of the molecule is CCN(Cc1ccc(OC)c(OC)c1)C(=O)c1cc(C(C)C)nc2c1c(=O)[nH]c(=O)n2CC. The van der Waals surface area contributed by atoms with Gasteiger partial charge in [-0.3, -0.25) is 19.1 Å². The van der Waals surface area contributed by atoms with E-state index in [1.807, 2.05) is 32.9 Å². The summed E-state index contributed by atoms with van der Waals surface area (Å²) >= 11 is 0. The van der Waals surface area contributed by atoms with Crippen molar-refractivity contribution in [3.05, 3.63) is 61.9 Å². The molecule has 0 saturated heterocycles. The molecule has 0 atom stereocenters. The van der Waals surface area contributed by atoms with Gasteiger partial charge in [0.1, 0.15) is 0 Å². The normalized spacial score (nSPS) is 11.1. The summed E-state index contributed by atoms with van der Waals surface area (Å²) in [6.45, 7) is 8.60. The minimum absolute atomic E-state index is 0.00146. The van der Waals surface area contributed by atoms with Gasteiger partial charge in [0.25, 0.3) is 11.5 Å². The van der Waals surface area contributed by atoms with Crippen molar-refractivity contribution in [2.45, 2.75) is 46.7 Å². The van der Waals surface area contributed by atoms with Crippen LogP contribution in [0.25, 0.3) is 11.0 Å². The number of fused-ring (bicyclic) bond motifs is 1. The van der Waals surface area contributed by atoms with Gasteiger partial charge < -0.3 is 14.4 Å². The van der Waals surface area contributed by atoms with Crippen molar-refractivity contribution >= 4 is 16.9 Å². The van der Waals surface area contributed by atoms with E-state index in [9.17, 15) is 14.4 Å². The van der Waals surface area contributed by atoms with Crippen LogP contribution >= 0.6 is 0 Å². The number of benzene rings is 1. The molecule has 0 aliphatic heterocycles. The fraction of sp³-hybridized carbons (Fsp3) is 0.417. The summed E-state index contributed by atoms with van der Waals surface area (Å²) in [5.74, 6) is 0.856. The van der Waals surface area contributed by atoms with Gasteiger partial charge in [-0.2, -0.15) is 0 Å². The Bertz CT molecular complexity index is 1290. The van der Waals surface area contributed by atoms with Crippen LogP contribution in [0.15, 0.2) is 33.9 Å². The highest BCUT2D eigenvalue weighted by molar-refractivity contribution is 6.05. The molecule has 0 aliphatic carbocycles. The van der Waals surface area contributed by atoms with Gasteiger partial charge in [0.15, 0.2) is 17.1 Å². The van der Waals surface area contributed by atoms with Crippen LogP contribution in [0.3, 0.4) is 0 Å². The van der Waals surface area contributed by atoms with Crippen LogP contribution in [0.4, 0.5) is 0 Å². The average molecular weight is 455 g/mol. The second-order valence-electron chi connectivity index (χ2n) is 7.96. The topological polar surface area (TPSA) is 107 Å². The van der Waals surface area contributed by atoms with Crippen LogP contribution in [0.5, 0.6) is 11.5 Å². The molecule has 0 bridgehead atoms. The molecule has 1 amide bonds. The van der Waals surface area contributed by atoms with Gasteiger partial charge in [-0.05, 0) is 43.5 Å². The van der Waals surface area contributed by atoms with E-state index in [2.05, 4.69) is 9.97 Å². The van der Waals surface area contributed by atoms with E-state index in [4.69, 9.17) is 9.47 Å². The lowest BCUT2D eigenvalue weighted by Gasteiger charge is -2.23. The third-order valence-electron chi connectivity index (χ3n) is 5.60. The second kappa shape index (κ2) is 9.89. The molecule has 9 nitrogen and oxygen atoms in total. The highest BCUT2D eigenvalue weighted by Gasteiger charge is 2.24. The fourth-order valence-electron chi connectivity index (χ4n) is 3.75. The van der Waals surface area contributed by atoms with Crippen molar-refractivity contribution in [3.63, 3.8) is 0 Å². The van der Waals surface area contributed by atoms with Crippen molar-refractivity contribution in [2.75, 3.05) is 20.8 Å². The molecule has 0 spiro atoms. The van der Waals surface area contributed by atoms with Gasteiger partial charge in [-0.25, -0.2) is 9.78 Å². The smallest absolute Gasteiger partial charge is 0.329 e. The van der Waals surface area contributed by atoms with Crippen molar-refractivity contribution in [2.24, 2.45) is 0 Å². The van der Waals surface area contributed by atoms with Crippen molar-refractivity contribution in [1.29, 1.82) is 0 Å². The summed E-state index contributed by atoms with van der Waals surface area (Å²) in [6.07, 6.45) is 0. The minimum Gasteiger partial charge on any atom is -0.493 e. The molecule has 9 heteroatoms. The van der Waals surface area contributed by atoms with Crippen molar-refractivity contribution in [3.8, 4) is 11.5 Å². The number of carbonyl (C=O) groups is 1. The molecule has 3 aromatic rings. The molecule has 0 saturated carbocycles. The summed E-state index contributed by atoms with van der Waals surface area (Å²) in [5.41, 5.74) is 0.787. The Hall–Kier alpha value is -3.62. The summed E-state index contributed by atoms with van der Waals surface area (Å²) in [5, 5.41) is 0.122. The van der Waals surface area contributed by atoms with Gasteiger partial charge in [0.05, 0.1) is 25.2 Å². The predicted molar refractivity (Wildman–Crippen MR) is 126 cm³/mol. The molecule has 33 heavy (non-hydrogen) atoms. The molecule has 0 fully saturated rings. The molecule has 0 unspecified atom stereocenters. The van der Waals surface area contributed by atoms with E-state index >= 15 is 0 Å². The van der Waals surface area contributed by atoms with Crippen molar-refractivity contribution < 1.29 is 14.3 Å². The number of pyridine rings is 1. The fourth-order valence-corrected chi connectivity index (χ4v) is 3.75. The maximum absolute atomic E-state index is 13.7. The van der Waals surface area contributed by atoms with Gasteiger partial charge in [-0.15, -0.1) is 0 Å². The molecule has 176 valence electrons. The van der Waals surface area contributed by atoms with E-state index in [0.29, 0.717) is 36.8 Å². The van der Waals surface area contributed by atoms with Crippen LogP contribution in [0.2, 0.25) is 0 Å². The van der Waals surface area contributed by atoms with Crippen LogP contribution in [0.1, 0.15) is 55.2 Å². The van der Waals surface area contributed by atoms with Gasteiger partial charge >= 0.3 is 5.69 Å². The Morgan fingerprint density at radius 3 is 2.39 bits per heavy atom. The second-order valence-corrected chi connectivity index (χ2v) is 7.96.